The predicted octanol–water partition coefficient (Wildman–Crippen LogP) is 2.99. The number of rotatable bonds is 4. The average Bonchev–Trinajstić information content (AvgIpc) is 2.42. The Morgan fingerprint density at radius 1 is 1.27 bits per heavy atom. The van der Waals surface area contributed by atoms with Crippen LogP contribution in [-0.2, 0) is 4.79 Å². The molecular weight excluding hydrogens is 346 g/mol. The van der Waals surface area contributed by atoms with Crippen LogP contribution in [0, 0.1) is 0 Å². The van der Waals surface area contributed by atoms with Crippen molar-refractivity contribution in [1.82, 2.24) is 15.3 Å². The molecule has 1 amide bonds. The highest BCUT2D eigenvalue weighted by molar-refractivity contribution is 6.38. The van der Waals surface area contributed by atoms with Gasteiger partial charge >= 0.3 is 6.18 Å². The Bertz CT molecular complexity index is 710. The lowest BCUT2D eigenvalue weighted by Crippen LogP contribution is -2.36. The fourth-order valence-electron chi connectivity index (χ4n) is 1.57. The first kappa shape index (κ1) is 16.6. The molecule has 0 saturated heterocycles. The van der Waals surface area contributed by atoms with Crippen LogP contribution in [0.3, 0.4) is 0 Å². The second-order valence-electron chi connectivity index (χ2n) is 4.14. The van der Waals surface area contributed by atoms with Gasteiger partial charge in [-0.2, -0.15) is 13.2 Å². The van der Waals surface area contributed by atoms with Crippen LogP contribution >= 0.6 is 23.2 Å². The molecule has 0 aliphatic carbocycles. The molecule has 0 aliphatic heterocycles. The van der Waals surface area contributed by atoms with E-state index in [0.717, 1.165) is 6.33 Å². The number of hydrogen-bond donors (Lipinski definition) is 1. The Labute approximate surface area is 132 Å². The number of amides is 1. The first-order valence-corrected chi connectivity index (χ1v) is 6.58. The Morgan fingerprint density at radius 2 is 2.00 bits per heavy atom. The van der Waals surface area contributed by atoms with E-state index < -0.39 is 25.2 Å². The predicted molar refractivity (Wildman–Crippen MR) is 74.1 cm³/mol. The number of nitrogens with one attached hydrogen (secondary N) is 1. The van der Waals surface area contributed by atoms with Crippen molar-refractivity contribution in [3.63, 3.8) is 0 Å². The maximum Gasteiger partial charge on any atom is 0.405 e. The van der Waals surface area contributed by atoms with Crippen LogP contribution in [0.25, 0.3) is 10.9 Å². The molecule has 0 saturated carbocycles. The summed E-state index contributed by atoms with van der Waals surface area (Å²) in [5, 5.41) is 2.59. The van der Waals surface area contributed by atoms with Gasteiger partial charge in [-0.3, -0.25) is 4.79 Å². The number of carbonyl (C=O) groups excluding carboxylic acids is 1. The van der Waals surface area contributed by atoms with Crippen molar-refractivity contribution in [2.24, 2.45) is 0 Å². The number of ether oxygens (including phenoxy) is 1. The Balaban J connectivity index is 2.11. The second-order valence-corrected chi connectivity index (χ2v) is 4.99. The standard InChI is InChI=1S/C12H8Cl2F3N3O2/c13-6-1-7-10(8(14)2-6)19-5-20-11(7)22-3-9(21)18-4-12(15,16)17/h1-2,5H,3-4H2,(H,18,21). The van der Waals surface area contributed by atoms with E-state index in [1.165, 1.54) is 12.1 Å². The molecule has 0 unspecified atom stereocenters. The molecule has 0 radical (unpaired) electrons. The molecule has 0 fully saturated rings. The summed E-state index contributed by atoms with van der Waals surface area (Å²) in [5.41, 5.74) is 0.353. The smallest absolute Gasteiger partial charge is 0.405 e. The molecule has 0 spiro atoms. The van der Waals surface area contributed by atoms with E-state index in [1.807, 2.05) is 0 Å². The summed E-state index contributed by atoms with van der Waals surface area (Å²) in [7, 11) is 0. The van der Waals surface area contributed by atoms with Crippen LogP contribution in [0.4, 0.5) is 13.2 Å². The van der Waals surface area contributed by atoms with E-state index >= 15 is 0 Å². The van der Waals surface area contributed by atoms with E-state index in [1.54, 1.807) is 5.32 Å². The van der Waals surface area contributed by atoms with Crippen LogP contribution in [0.1, 0.15) is 0 Å². The highest BCUT2D eigenvalue weighted by atomic mass is 35.5. The number of fused-ring (bicyclic) bond motifs is 1. The van der Waals surface area contributed by atoms with Crippen molar-refractivity contribution in [1.29, 1.82) is 0 Å². The van der Waals surface area contributed by atoms with Crippen molar-refractivity contribution in [2.45, 2.75) is 6.18 Å². The molecule has 118 valence electrons. The summed E-state index contributed by atoms with van der Waals surface area (Å²) in [4.78, 5) is 19.1. The molecule has 2 aromatic rings. The number of halogens is 5. The zero-order valence-corrected chi connectivity index (χ0v) is 12.3. The molecule has 1 aromatic carbocycles. The minimum Gasteiger partial charge on any atom is -0.467 e. The molecule has 22 heavy (non-hydrogen) atoms. The van der Waals surface area contributed by atoms with Crippen molar-refractivity contribution >= 4 is 40.0 Å². The fourth-order valence-corrected chi connectivity index (χ4v) is 2.11. The third kappa shape index (κ3) is 4.35. The lowest BCUT2D eigenvalue weighted by molar-refractivity contribution is -0.139. The van der Waals surface area contributed by atoms with Gasteiger partial charge < -0.3 is 10.1 Å². The van der Waals surface area contributed by atoms with E-state index in [2.05, 4.69) is 9.97 Å². The van der Waals surface area contributed by atoms with Gasteiger partial charge in [0, 0.05) is 5.02 Å². The van der Waals surface area contributed by atoms with Crippen LogP contribution in [0.15, 0.2) is 18.5 Å². The number of hydrogen-bond acceptors (Lipinski definition) is 4. The van der Waals surface area contributed by atoms with Crippen LogP contribution in [0.5, 0.6) is 5.88 Å². The summed E-state index contributed by atoms with van der Waals surface area (Å²) in [6, 6.07) is 2.95. The summed E-state index contributed by atoms with van der Waals surface area (Å²) < 4.78 is 41.0. The average molecular weight is 354 g/mol. The summed E-state index contributed by atoms with van der Waals surface area (Å²) in [6.45, 7) is -2.07. The number of carbonyl (C=O) groups is 1. The summed E-state index contributed by atoms with van der Waals surface area (Å²) in [6.07, 6.45) is -3.33. The lowest BCUT2D eigenvalue weighted by Gasteiger charge is -2.10. The first-order valence-electron chi connectivity index (χ1n) is 5.82. The Hall–Kier alpha value is -1.80. The highest BCUT2D eigenvalue weighted by Gasteiger charge is 2.27. The van der Waals surface area contributed by atoms with E-state index in [4.69, 9.17) is 27.9 Å². The van der Waals surface area contributed by atoms with Gasteiger partial charge in [0.15, 0.2) is 6.61 Å². The second kappa shape index (κ2) is 6.53. The Kier molecular flexibility index (Phi) is 4.92. The summed E-state index contributed by atoms with van der Waals surface area (Å²) in [5.74, 6) is -0.936. The number of alkyl halides is 3. The molecule has 5 nitrogen and oxygen atoms in total. The largest absolute Gasteiger partial charge is 0.467 e. The minimum atomic E-state index is -4.49. The zero-order chi connectivity index (χ0) is 16.3. The quantitative estimate of drug-likeness (QED) is 0.917. The lowest BCUT2D eigenvalue weighted by atomic mass is 10.2. The number of aromatic nitrogens is 2. The van der Waals surface area contributed by atoms with Gasteiger partial charge in [0.25, 0.3) is 5.91 Å². The molecule has 0 aliphatic rings. The maximum absolute atomic E-state index is 12.0. The molecule has 1 N–H and O–H groups in total. The topological polar surface area (TPSA) is 64.1 Å². The van der Waals surface area contributed by atoms with Gasteiger partial charge in [0.1, 0.15) is 12.9 Å². The SMILES string of the molecule is O=C(COc1ncnc2c(Cl)cc(Cl)cc12)NCC(F)(F)F. The third-order valence-corrected chi connectivity index (χ3v) is 2.95. The molecule has 0 bridgehead atoms. The van der Waals surface area contributed by atoms with Gasteiger partial charge in [0.05, 0.1) is 15.9 Å². The Morgan fingerprint density at radius 3 is 2.68 bits per heavy atom. The molecule has 1 aromatic heterocycles. The summed E-state index contributed by atoms with van der Waals surface area (Å²) >= 11 is 11.8. The van der Waals surface area contributed by atoms with Gasteiger partial charge in [-0.15, -0.1) is 0 Å². The van der Waals surface area contributed by atoms with Gasteiger partial charge in [-0.25, -0.2) is 9.97 Å². The highest BCUT2D eigenvalue weighted by Crippen LogP contribution is 2.30. The van der Waals surface area contributed by atoms with Crippen molar-refractivity contribution in [3.8, 4) is 5.88 Å². The first-order chi connectivity index (χ1) is 10.3. The van der Waals surface area contributed by atoms with Crippen LogP contribution in [-0.4, -0.2) is 35.2 Å². The van der Waals surface area contributed by atoms with Crippen molar-refractivity contribution in [2.75, 3.05) is 13.2 Å². The van der Waals surface area contributed by atoms with Gasteiger partial charge in [-0.05, 0) is 12.1 Å². The third-order valence-electron chi connectivity index (χ3n) is 2.45. The molecule has 0 atom stereocenters. The number of benzene rings is 1. The van der Waals surface area contributed by atoms with Crippen molar-refractivity contribution in [3.05, 3.63) is 28.5 Å². The molecular formula is C12H8Cl2F3N3O2. The molecule has 2 rings (SSSR count). The van der Waals surface area contributed by atoms with Crippen LogP contribution < -0.4 is 10.1 Å². The number of nitrogens with zero attached hydrogens (tertiary/aromatic N) is 2. The minimum absolute atomic E-state index is 0.00319. The molecule has 10 heteroatoms. The van der Waals surface area contributed by atoms with E-state index in [9.17, 15) is 18.0 Å². The van der Waals surface area contributed by atoms with Crippen molar-refractivity contribution < 1.29 is 22.7 Å². The van der Waals surface area contributed by atoms with Gasteiger partial charge in [0.2, 0.25) is 5.88 Å². The molecule has 1 heterocycles. The fraction of sp³-hybridized carbons (Fsp3) is 0.250. The maximum atomic E-state index is 12.0. The van der Waals surface area contributed by atoms with E-state index in [0.29, 0.717) is 15.9 Å². The monoisotopic (exact) mass is 353 g/mol. The van der Waals surface area contributed by atoms with Crippen LogP contribution in [0.2, 0.25) is 10.0 Å². The van der Waals surface area contributed by atoms with E-state index in [-0.39, 0.29) is 10.9 Å². The zero-order valence-electron chi connectivity index (χ0n) is 10.7. The normalized spacial score (nSPS) is 11.5. The van der Waals surface area contributed by atoms with Gasteiger partial charge in [-0.1, -0.05) is 23.2 Å².